The molecule has 2 unspecified atom stereocenters. The van der Waals surface area contributed by atoms with Crippen molar-refractivity contribution in [1.82, 2.24) is 0 Å². The van der Waals surface area contributed by atoms with Crippen LogP contribution in [-0.4, -0.2) is 47.5 Å². The third-order valence-corrected chi connectivity index (χ3v) is 2.98. The van der Waals surface area contributed by atoms with Gasteiger partial charge in [-0.05, 0) is 12.1 Å². The van der Waals surface area contributed by atoms with Crippen LogP contribution in [0.3, 0.4) is 0 Å². The Morgan fingerprint density at radius 3 is 2.50 bits per heavy atom. The van der Waals surface area contributed by atoms with Crippen LogP contribution >= 0.6 is 0 Å². The number of aliphatic hydroxyl groups is 2. The van der Waals surface area contributed by atoms with E-state index < -0.39 is 17.1 Å². The zero-order valence-corrected chi connectivity index (χ0v) is 9.81. The molecule has 7 nitrogen and oxygen atoms in total. The number of hydrogen-bond donors (Lipinski definition) is 2. The fourth-order valence-electron chi connectivity index (χ4n) is 2.08. The lowest BCUT2D eigenvalue weighted by molar-refractivity contribution is -0.385. The third kappa shape index (κ3) is 2.09. The van der Waals surface area contributed by atoms with E-state index in [0.717, 1.165) is 0 Å². The number of rotatable bonds is 3. The zero-order chi connectivity index (χ0) is 13.3. The van der Waals surface area contributed by atoms with Crippen molar-refractivity contribution in [3.05, 3.63) is 28.3 Å². The van der Waals surface area contributed by atoms with Crippen LogP contribution in [0.1, 0.15) is 0 Å². The third-order valence-electron chi connectivity index (χ3n) is 2.98. The summed E-state index contributed by atoms with van der Waals surface area (Å²) < 4.78 is 4.97. The SMILES string of the molecule is COc1cccc(N2CC(O)C(O)C2)c1[N+](=O)[O-]. The maximum absolute atomic E-state index is 11.1. The van der Waals surface area contributed by atoms with Crippen molar-refractivity contribution < 1.29 is 19.9 Å². The number of nitrogens with zero attached hydrogens (tertiary/aromatic N) is 2. The largest absolute Gasteiger partial charge is 0.490 e. The van der Waals surface area contributed by atoms with Gasteiger partial charge in [0.05, 0.1) is 24.2 Å². The quantitative estimate of drug-likeness (QED) is 0.588. The number of para-hydroxylation sites is 1. The molecule has 0 aliphatic carbocycles. The first-order chi connectivity index (χ1) is 8.54. The van der Waals surface area contributed by atoms with Crippen LogP contribution in [0.4, 0.5) is 11.4 Å². The zero-order valence-electron chi connectivity index (χ0n) is 9.81. The maximum Gasteiger partial charge on any atom is 0.333 e. The Morgan fingerprint density at radius 2 is 2.00 bits per heavy atom. The van der Waals surface area contributed by atoms with Crippen LogP contribution < -0.4 is 9.64 Å². The molecule has 2 atom stereocenters. The van der Waals surface area contributed by atoms with Crippen LogP contribution in [0.5, 0.6) is 5.75 Å². The molecule has 1 aromatic carbocycles. The normalized spacial score (nSPS) is 23.2. The first kappa shape index (κ1) is 12.6. The molecule has 0 aromatic heterocycles. The van der Waals surface area contributed by atoms with Gasteiger partial charge < -0.3 is 19.8 Å². The molecule has 2 rings (SSSR count). The summed E-state index contributed by atoms with van der Waals surface area (Å²) in [4.78, 5) is 12.2. The van der Waals surface area contributed by atoms with Gasteiger partial charge in [0.25, 0.3) is 0 Å². The molecule has 1 fully saturated rings. The topological polar surface area (TPSA) is 96.1 Å². The van der Waals surface area contributed by atoms with Crippen molar-refractivity contribution in [2.75, 3.05) is 25.1 Å². The average molecular weight is 254 g/mol. The van der Waals surface area contributed by atoms with Gasteiger partial charge in [0.2, 0.25) is 0 Å². The maximum atomic E-state index is 11.1. The summed E-state index contributed by atoms with van der Waals surface area (Å²) in [5.74, 6) is 0.161. The number of benzene rings is 1. The Balaban J connectivity index is 2.42. The molecule has 0 amide bonds. The number of β-amino-alcohol motifs (C(OH)–C–C–N with tert-alkyl or cyclic N) is 2. The minimum atomic E-state index is -0.893. The second kappa shape index (κ2) is 4.79. The van der Waals surface area contributed by atoms with Crippen molar-refractivity contribution in [3.8, 4) is 5.75 Å². The summed E-state index contributed by atoms with van der Waals surface area (Å²) >= 11 is 0. The molecule has 1 saturated heterocycles. The summed E-state index contributed by atoms with van der Waals surface area (Å²) in [5, 5.41) is 30.1. The van der Waals surface area contributed by atoms with Gasteiger partial charge in [0, 0.05) is 13.1 Å². The van der Waals surface area contributed by atoms with Crippen LogP contribution in [0.25, 0.3) is 0 Å². The summed E-state index contributed by atoms with van der Waals surface area (Å²) in [5.41, 5.74) is 0.191. The molecule has 2 N–H and O–H groups in total. The highest BCUT2D eigenvalue weighted by Crippen LogP contribution is 2.38. The van der Waals surface area contributed by atoms with Gasteiger partial charge in [0.15, 0.2) is 5.75 Å². The van der Waals surface area contributed by atoms with E-state index >= 15 is 0 Å². The predicted molar refractivity (Wildman–Crippen MR) is 63.9 cm³/mol. The van der Waals surface area contributed by atoms with Crippen molar-refractivity contribution in [2.45, 2.75) is 12.2 Å². The van der Waals surface area contributed by atoms with Crippen LogP contribution in [0.2, 0.25) is 0 Å². The number of nitro groups is 1. The predicted octanol–water partition coefficient (Wildman–Crippen LogP) is 0.145. The van der Waals surface area contributed by atoms with Crippen molar-refractivity contribution in [3.63, 3.8) is 0 Å². The number of nitro benzene ring substituents is 1. The van der Waals surface area contributed by atoms with Gasteiger partial charge in [-0.3, -0.25) is 10.1 Å². The molecule has 0 bridgehead atoms. The lowest BCUT2D eigenvalue weighted by Gasteiger charge is -2.18. The summed E-state index contributed by atoms with van der Waals surface area (Å²) in [6.45, 7) is 0.324. The van der Waals surface area contributed by atoms with Crippen LogP contribution in [-0.2, 0) is 0 Å². The molecule has 18 heavy (non-hydrogen) atoms. The Morgan fingerprint density at radius 1 is 1.39 bits per heavy atom. The molecule has 0 spiro atoms. The first-order valence-corrected chi connectivity index (χ1v) is 5.47. The monoisotopic (exact) mass is 254 g/mol. The number of aliphatic hydroxyl groups excluding tert-OH is 2. The Kier molecular flexibility index (Phi) is 3.35. The summed E-state index contributed by atoms with van der Waals surface area (Å²) in [6, 6.07) is 4.72. The molecule has 98 valence electrons. The van der Waals surface area contributed by atoms with E-state index in [1.807, 2.05) is 0 Å². The van der Waals surface area contributed by atoms with Gasteiger partial charge in [-0.15, -0.1) is 0 Å². The van der Waals surface area contributed by atoms with Gasteiger partial charge in [-0.25, -0.2) is 0 Å². The fraction of sp³-hybridized carbons (Fsp3) is 0.455. The number of methoxy groups -OCH3 is 1. The standard InChI is InChI=1S/C11H14N2O5/c1-18-10-4-2-3-7(11(10)13(16)17)12-5-8(14)9(15)6-12/h2-4,8-9,14-15H,5-6H2,1H3. The van der Waals surface area contributed by atoms with E-state index in [0.29, 0.717) is 5.69 Å². The molecular weight excluding hydrogens is 240 g/mol. The molecule has 1 aromatic rings. The Bertz CT molecular complexity index is 455. The average Bonchev–Trinajstić information content (AvgIpc) is 2.68. The van der Waals surface area contributed by atoms with E-state index in [1.165, 1.54) is 13.2 Å². The summed E-state index contributed by atoms with van der Waals surface area (Å²) in [6.07, 6.45) is -1.79. The number of hydrogen-bond acceptors (Lipinski definition) is 6. The fourth-order valence-corrected chi connectivity index (χ4v) is 2.08. The van der Waals surface area contributed by atoms with Gasteiger partial charge in [-0.1, -0.05) is 6.07 Å². The Hall–Kier alpha value is -1.86. The number of ether oxygens (including phenoxy) is 1. The van der Waals surface area contributed by atoms with Gasteiger partial charge >= 0.3 is 5.69 Å². The van der Waals surface area contributed by atoms with E-state index in [-0.39, 0.29) is 24.5 Å². The minimum absolute atomic E-state index is 0.152. The molecule has 0 radical (unpaired) electrons. The van der Waals surface area contributed by atoms with Crippen molar-refractivity contribution in [1.29, 1.82) is 0 Å². The highest BCUT2D eigenvalue weighted by molar-refractivity contribution is 5.70. The molecule has 1 aliphatic rings. The van der Waals surface area contributed by atoms with Gasteiger partial charge in [0.1, 0.15) is 5.69 Å². The second-order valence-corrected chi connectivity index (χ2v) is 4.12. The van der Waals surface area contributed by atoms with Crippen molar-refractivity contribution in [2.24, 2.45) is 0 Å². The lowest BCUT2D eigenvalue weighted by atomic mass is 10.2. The van der Waals surface area contributed by atoms with E-state index in [2.05, 4.69) is 0 Å². The lowest BCUT2D eigenvalue weighted by Crippen LogP contribution is -2.22. The van der Waals surface area contributed by atoms with Gasteiger partial charge in [-0.2, -0.15) is 0 Å². The molecule has 0 saturated carbocycles. The number of anilines is 1. The molecule has 1 aliphatic heterocycles. The molecular formula is C11H14N2O5. The van der Waals surface area contributed by atoms with Crippen LogP contribution in [0.15, 0.2) is 18.2 Å². The highest BCUT2D eigenvalue weighted by Gasteiger charge is 2.34. The smallest absolute Gasteiger partial charge is 0.333 e. The second-order valence-electron chi connectivity index (χ2n) is 4.12. The highest BCUT2D eigenvalue weighted by atomic mass is 16.6. The minimum Gasteiger partial charge on any atom is -0.490 e. The van der Waals surface area contributed by atoms with E-state index in [4.69, 9.17) is 4.74 Å². The van der Waals surface area contributed by atoms with E-state index in [1.54, 1.807) is 17.0 Å². The molecule has 7 heteroatoms. The first-order valence-electron chi connectivity index (χ1n) is 5.47. The van der Waals surface area contributed by atoms with Crippen molar-refractivity contribution >= 4 is 11.4 Å². The van der Waals surface area contributed by atoms with E-state index in [9.17, 15) is 20.3 Å². The molecule has 1 heterocycles. The Labute approximate surface area is 103 Å². The summed E-state index contributed by atoms with van der Waals surface area (Å²) in [7, 11) is 1.36. The van der Waals surface area contributed by atoms with Crippen LogP contribution in [0, 0.1) is 10.1 Å².